The molecule has 4 nitrogen and oxygen atoms in total. The summed E-state index contributed by atoms with van der Waals surface area (Å²) in [4.78, 5) is 16.8. The second-order valence-corrected chi connectivity index (χ2v) is 6.70. The van der Waals surface area contributed by atoms with Crippen LogP contribution >= 0.6 is 11.6 Å². The normalized spacial score (nSPS) is 17.0. The lowest BCUT2D eigenvalue weighted by Crippen LogP contribution is -2.47. The SMILES string of the molecule is COC(=O)c1cc(Cl)ccc1CN1CCN(CC(C)C)CC1. The van der Waals surface area contributed by atoms with Gasteiger partial charge in [-0.3, -0.25) is 4.90 Å². The molecule has 1 aromatic rings. The molecule has 1 aromatic carbocycles. The number of piperazine rings is 1. The molecule has 5 heteroatoms. The van der Waals surface area contributed by atoms with E-state index in [1.165, 1.54) is 7.11 Å². The van der Waals surface area contributed by atoms with Crippen molar-refractivity contribution >= 4 is 17.6 Å². The third-order valence-corrected chi connectivity index (χ3v) is 4.19. The average molecular weight is 325 g/mol. The third kappa shape index (κ3) is 4.70. The number of benzene rings is 1. The van der Waals surface area contributed by atoms with Gasteiger partial charge in [-0.05, 0) is 23.6 Å². The standard InChI is InChI=1S/C17H25ClN2O2/c1-13(2)11-19-6-8-20(9-7-19)12-14-4-5-15(18)10-16(14)17(21)22-3/h4-5,10,13H,6-9,11-12H2,1-3H3. The molecule has 122 valence electrons. The first-order valence-corrected chi connectivity index (χ1v) is 8.19. The molecule has 0 unspecified atom stereocenters. The molecule has 0 atom stereocenters. The van der Waals surface area contributed by atoms with Gasteiger partial charge in [-0.15, -0.1) is 0 Å². The highest BCUT2D eigenvalue weighted by molar-refractivity contribution is 6.31. The largest absolute Gasteiger partial charge is 0.465 e. The van der Waals surface area contributed by atoms with Crippen molar-refractivity contribution in [2.75, 3.05) is 39.8 Å². The molecule has 0 bridgehead atoms. The summed E-state index contributed by atoms with van der Waals surface area (Å²) in [7, 11) is 1.40. The van der Waals surface area contributed by atoms with Gasteiger partial charge in [0.25, 0.3) is 0 Å². The molecule has 0 aromatic heterocycles. The van der Waals surface area contributed by atoms with Crippen LogP contribution in [-0.2, 0) is 11.3 Å². The summed E-state index contributed by atoms with van der Waals surface area (Å²) in [6, 6.07) is 5.45. The maximum atomic E-state index is 11.9. The van der Waals surface area contributed by atoms with Gasteiger partial charge in [0.15, 0.2) is 0 Å². The van der Waals surface area contributed by atoms with Crippen LogP contribution in [0.1, 0.15) is 29.8 Å². The van der Waals surface area contributed by atoms with Gasteiger partial charge in [0.05, 0.1) is 12.7 Å². The van der Waals surface area contributed by atoms with Crippen molar-refractivity contribution < 1.29 is 9.53 Å². The predicted molar refractivity (Wildman–Crippen MR) is 89.3 cm³/mol. The zero-order valence-corrected chi connectivity index (χ0v) is 14.4. The van der Waals surface area contributed by atoms with Crippen LogP contribution in [0.15, 0.2) is 18.2 Å². The highest BCUT2D eigenvalue weighted by Crippen LogP contribution is 2.19. The fraction of sp³-hybridized carbons (Fsp3) is 0.588. The molecule has 0 aliphatic carbocycles. The minimum atomic E-state index is -0.323. The van der Waals surface area contributed by atoms with E-state index >= 15 is 0 Å². The van der Waals surface area contributed by atoms with E-state index in [2.05, 4.69) is 23.6 Å². The Morgan fingerprint density at radius 2 is 1.86 bits per heavy atom. The zero-order chi connectivity index (χ0) is 16.1. The Morgan fingerprint density at radius 1 is 1.23 bits per heavy atom. The van der Waals surface area contributed by atoms with Gasteiger partial charge in [0, 0.05) is 44.3 Å². The van der Waals surface area contributed by atoms with Crippen molar-refractivity contribution in [1.82, 2.24) is 9.80 Å². The number of methoxy groups -OCH3 is 1. The second kappa shape index (κ2) is 7.95. The molecule has 2 rings (SSSR count). The van der Waals surface area contributed by atoms with Gasteiger partial charge in [0.2, 0.25) is 0 Å². The van der Waals surface area contributed by atoms with Gasteiger partial charge in [-0.25, -0.2) is 4.79 Å². The number of nitrogens with zero attached hydrogens (tertiary/aromatic N) is 2. The molecule has 0 amide bonds. The molecule has 1 saturated heterocycles. The fourth-order valence-electron chi connectivity index (χ4n) is 2.87. The summed E-state index contributed by atoms with van der Waals surface area (Å²) >= 11 is 6.00. The van der Waals surface area contributed by atoms with Crippen molar-refractivity contribution in [2.45, 2.75) is 20.4 Å². The monoisotopic (exact) mass is 324 g/mol. The Balaban J connectivity index is 1.99. The van der Waals surface area contributed by atoms with E-state index in [9.17, 15) is 4.79 Å². The first-order chi connectivity index (χ1) is 10.5. The van der Waals surface area contributed by atoms with Crippen molar-refractivity contribution in [3.8, 4) is 0 Å². The van der Waals surface area contributed by atoms with E-state index in [0.29, 0.717) is 16.5 Å². The number of halogens is 1. The summed E-state index contributed by atoms with van der Waals surface area (Å²) in [6.07, 6.45) is 0. The molecular formula is C17H25ClN2O2. The quantitative estimate of drug-likeness (QED) is 0.780. The Hall–Kier alpha value is -1.10. The summed E-state index contributed by atoms with van der Waals surface area (Å²) < 4.78 is 4.86. The smallest absolute Gasteiger partial charge is 0.338 e. The number of hydrogen-bond acceptors (Lipinski definition) is 4. The van der Waals surface area contributed by atoms with Crippen LogP contribution in [0.4, 0.5) is 0 Å². The topological polar surface area (TPSA) is 32.8 Å². The Kier molecular flexibility index (Phi) is 6.24. The van der Waals surface area contributed by atoms with Crippen molar-refractivity contribution in [3.63, 3.8) is 0 Å². The molecule has 0 spiro atoms. The highest BCUT2D eigenvalue weighted by Gasteiger charge is 2.20. The molecule has 0 N–H and O–H groups in total. The third-order valence-electron chi connectivity index (χ3n) is 3.96. The minimum absolute atomic E-state index is 0.323. The lowest BCUT2D eigenvalue weighted by atomic mass is 10.1. The predicted octanol–water partition coefficient (Wildman–Crippen LogP) is 2.90. The number of carbonyl (C=O) groups excluding carboxylic acids is 1. The number of hydrogen-bond donors (Lipinski definition) is 0. The average Bonchev–Trinajstić information content (AvgIpc) is 2.49. The van der Waals surface area contributed by atoms with Crippen molar-refractivity contribution in [2.24, 2.45) is 5.92 Å². The van der Waals surface area contributed by atoms with Crippen molar-refractivity contribution in [3.05, 3.63) is 34.3 Å². The molecular weight excluding hydrogens is 300 g/mol. The molecule has 1 aliphatic rings. The van der Waals surface area contributed by atoms with Crippen LogP contribution in [0.5, 0.6) is 0 Å². The van der Waals surface area contributed by atoms with Crippen LogP contribution in [0, 0.1) is 5.92 Å². The number of rotatable bonds is 5. The first-order valence-electron chi connectivity index (χ1n) is 7.81. The highest BCUT2D eigenvalue weighted by atomic mass is 35.5. The summed E-state index contributed by atoms with van der Waals surface area (Å²) in [5, 5.41) is 0.561. The molecule has 1 fully saturated rings. The fourth-order valence-corrected chi connectivity index (χ4v) is 3.05. The lowest BCUT2D eigenvalue weighted by molar-refractivity contribution is 0.0596. The van der Waals surface area contributed by atoms with E-state index in [-0.39, 0.29) is 5.97 Å². The van der Waals surface area contributed by atoms with Gasteiger partial charge in [0.1, 0.15) is 0 Å². The zero-order valence-electron chi connectivity index (χ0n) is 13.6. The van der Waals surface area contributed by atoms with Crippen molar-refractivity contribution in [1.29, 1.82) is 0 Å². The van der Waals surface area contributed by atoms with Crippen LogP contribution in [0.25, 0.3) is 0 Å². The molecule has 0 radical (unpaired) electrons. The number of esters is 1. The maximum absolute atomic E-state index is 11.9. The Bertz CT molecular complexity index is 511. The van der Waals surface area contributed by atoms with E-state index in [1.54, 1.807) is 6.07 Å². The van der Waals surface area contributed by atoms with Crippen LogP contribution < -0.4 is 0 Å². The first kappa shape index (κ1) is 17.3. The van der Waals surface area contributed by atoms with Crippen LogP contribution in [0.3, 0.4) is 0 Å². The Morgan fingerprint density at radius 3 is 2.45 bits per heavy atom. The lowest BCUT2D eigenvalue weighted by Gasteiger charge is -2.35. The summed E-state index contributed by atoms with van der Waals surface area (Å²) in [6.45, 7) is 10.6. The second-order valence-electron chi connectivity index (χ2n) is 6.26. The van der Waals surface area contributed by atoms with E-state index in [0.717, 1.165) is 44.8 Å². The van der Waals surface area contributed by atoms with Gasteiger partial charge < -0.3 is 9.64 Å². The van der Waals surface area contributed by atoms with Gasteiger partial charge in [-0.2, -0.15) is 0 Å². The number of carbonyl (C=O) groups is 1. The molecule has 0 saturated carbocycles. The number of ether oxygens (including phenoxy) is 1. The molecule has 22 heavy (non-hydrogen) atoms. The summed E-state index contributed by atoms with van der Waals surface area (Å²) in [5.74, 6) is 0.379. The van der Waals surface area contributed by atoms with E-state index in [4.69, 9.17) is 16.3 Å². The van der Waals surface area contributed by atoms with Crippen LogP contribution in [-0.4, -0.2) is 55.6 Å². The molecule has 1 heterocycles. The summed E-state index contributed by atoms with van der Waals surface area (Å²) in [5.41, 5.74) is 1.55. The van der Waals surface area contributed by atoms with E-state index < -0.39 is 0 Å². The maximum Gasteiger partial charge on any atom is 0.338 e. The minimum Gasteiger partial charge on any atom is -0.465 e. The Labute approximate surface area is 138 Å². The van der Waals surface area contributed by atoms with Crippen LogP contribution in [0.2, 0.25) is 5.02 Å². The van der Waals surface area contributed by atoms with E-state index in [1.807, 2.05) is 12.1 Å². The molecule has 1 aliphatic heterocycles. The van der Waals surface area contributed by atoms with Gasteiger partial charge in [-0.1, -0.05) is 31.5 Å². The van der Waals surface area contributed by atoms with Gasteiger partial charge >= 0.3 is 5.97 Å².